The summed E-state index contributed by atoms with van der Waals surface area (Å²) in [5.41, 5.74) is -0.304. The van der Waals surface area contributed by atoms with E-state index >= 15 is 0 Å². The van der Waals surface area contributed by atoms with Crippen molar-refractivity contribution < 1.29 is 25.6 Å². The van der Waals surface area contributed by atoms with Gasteiger partial charge in [0.05, 0.1) is 16.4 Å². The maximum absolute atomic E-state index is 14.4. The van der Waals surface area contributed by atoms with Gasteiger partial charge in [0.15, 0.2) is 9.84 Å². The summed E-state index contributed by atoms with van der Waals surface area (Å²) in [7, 11) is -7.58. The SMILES string of the molecule is CC(CCNS(C)(=O)=O)C(c1cc(F)ccc1F)S(=O)(=O)c1ccc(Cl)cc1. The molecule has 28 heavy (non-hydrogen) atoms. The number of hydrogen-bond donors (Lipinski definition) is 1. The van der Waals surface area contributed by atoms with Gasteiger partial charge in [0, 0.05) is 17.1 Å². The molecule has 0 aromatic heterocycles. The van der Waals surface area contributed by atoms with Crippen molar-refractivity contribution in [2.24, 2.45) is 5.92 Å². The lowest BCUT2D eigenvalue weighted by molar-refractivity contribution is 0.466. The second-order valence-corrected chi connectivity index (χ2v) is 10.9. The predicted molar refractivity (Wildman–Crippen MR) is 104 cm³/mol. The smallest absolute Gasteiger partial charge is 0.208 e. The summed E-state index contributed by atoms with van der Waals surface area (Å²) >= 11 is 5.81. The molecule has 2 atom stereocenters. The highest BCUT2D eigenvalue weighted by molar-refractivity contribution is 7.91. The molecule has 10 heteroatoms. The minimum Gasteiger partial charge on any atom is -0.223 e. The van der Waals surface area contributed by atoms with Gasteiger partial charge in [0.2, 0.25) is 10.0 Å². The highest BCUT2D eigenvalue weighted by Gasteiger charge is 2.36. The van der Waals surface area contributed by atoms with Gasteiger partial charge in [-0.2, -0.15) is 0 Å². The van der Waals surface area contributed by atoms with E-state index in [0.29, 0.717) is 5.02 Å². The van der Waals surface area contributed by atoms with Crippen LogP contribution in [0.15, 0.2) is 47.4 Å². The molecular formula is C18H20ClF2NO4S2. The van der Waals surface area contributed by atoms with Crippen molar-refractivity contribution in [3.63, 3.8) is 0 Å². The average Bonchev–Trinajstić information content (AvgIpc) is 2.57. The number of hydrogen-bond acceptors (Lipinski definition) is 4. The van der Waals surface area contributed by atoms with E-state index in [9.17, 15) is 25.6 Å². The van der Waals surface area contributed by atoms with E-state index < -0.39 is 42.7 Å². The van der Waals surface area contributed by atoms with Crippen molar-refractivity contribution in [2.75, 3.05) is 12.8 Å². The molecule has 0 aliphatic heterocycles. The number of nitrogens with one attached hydrogen (secondary N) is 1. The first kappa shape index (κ1) is 22.7. The van der Waals surface area contributed by atoms with E-state index in [1.165, 1.54) is 24.3 Å². The minimum absolute atomic E-state index is 0.0381. The molecule has 0 heterocycles. The lowest BCUT2D eigenvalue weighted by atomic mass is 9.97. The summed E-state index contributed by atoms with van der Waals surface area (Å²) in [4.78, 5) is -0.0894. The molecular weight excluding hydrogens is 432 g/mol. The van der Waals surface area contributed by atoms with Crippen molar-refractivity contribution in [2.45, 2.75) is 23.5 Å². The summed E-state index contributed by atoms with van der Waals surface area (Å²) < 4.78 is 79.4. The van der Waals surface area contributed by atoms with Gasteiger partial charge in [0.25, 0.3) is 0 Å². The molecule has 0 fully saturated rings. The van der Waals surface area contributed by atoms with Gasteiger partial charge in [-0.25, -0.2) is 30.3 Å². The number of sulfonamides is 1. The molecule has 5 nitrogen and oxygen atoms in total. The van der Waals surface area contributed by atoms with Crippen LogP contribution in [-0.4, -0.2) is 29.6 Å². The van der Waals surface area contributed by atoms with Crippen molar-refractivity contribution >= 4 is 31.5 Å². The molecule has 0 aliphatic carbocycles. The topological polar surface area (TPSA) is 80.3 Å². The van der Waals surface area contributed by atoms with Crippen LogP contribution < -0.4 is 4.72 Å². The molecule has 2 rings (SSSR count). The lowest BCUT2D eigenvalue weighted by Crippen LogP contribution is -2.28. The fourth-order valence-electron chi connectivity index (χ4n) is 2.91. The molecule has 0 amide bonds. The van der Waals surface area contributed by atoms with E-state index in [1.807, 2.05) is 0 Å². The largest absolute Gasteiger partial charge is 0.223 e. The molecule has 2 aromatic rings. The van der Waals surface area contributed by atoms with Crippen LogP contribution in [-0.2, 0) is 19.9 Å². The van der Waals surface area contributed by atoms with Crippen molar-refractivity contribution in [3.8, 4) is 0 Å². The Morgan fingerprint density at radius 2 is 1.64 bits per heavy atom. The van der Waals surface area contributed by atoms with Gasteiger partial charge < -0.3 is 0 Å². The quantitative estimate of drug-likeness (QED) is 0.663. The first-order chi connectivity index (χ1) is 12.9. The number of benzene rings is 2. The van der Waals surface area contributed by atoms with E-state index in [0.717, 1.165) is 24.5 Å². The Morgan fingerprint density at radius 1 is 1.04 bits per heavy atom. The number of halogens is 3. The Kier molecular flexibility index (Phi) is 7.19. The van der Waals surface area contributed by atoms with Crippen LogP contribution in [0.4, 0.5) is 8.78 Å². The Labute approximate surface area is 168 Å². The highest BCUT2D eigenvalue weighted by Crippen LogP contribution is 2.38. The van der Waals surface area contributed by atoms with Crippen LogP contribution >= 0.6 is 11.6 Å². The van der Waals surface area contributed by atoms with Gasteiger partial charge >= 0.3 is 0 Å². The third-order valence-corrected chi connectivity index (χ3v) is 7.52. The molecule has 0 saturated heterocycles. The van der Waals surface area contributed by atoms with Crippen LogP contribution in [0.1, 0.15) is 24.2 Å². The van der Waals surface area contributed by atoms with Gasteiger partial charge in [-0.15, -0.1) is 0 Å². The molecule has 0 aliphatic rings. The van der Waals surface area contributed by atoms with Gasteiger partial charge in [0.1, 0.15) is 11.6 Å². The first-order valence-corrected chi connectivity index (χ1v) is 12.1. The van der Waals surface area contributed by atoms with E-state index in [2.05, 4.69) is 4.72 Å². The summed E-state index contributed by atoms with van der Waals surface area (Å²) in [5, 5.41) is -1.08. The molecule has 0 spiro atoms. The number of rotatable bonds is 8. The Balaban J connectivity index is 2.49. The molecule has 1 N–H and O–H groups in total. The Morgan fingerprint density at radius 3 is 2.21 bits per heavy atom. The summed E-state index contributed by atoms with van der Waals surface area (Å²) in [5.74, 6) is -2.34. The molecule has 0 bridgehead atoms. The fourth-order valence-corrected chi connectivity index (χ4v) is 5.59. The average molecular weight is 452 g/mol. The zero-order chi connectivity index (χ0) is 21.1. The maximum Gasteiger partial charge on any atom is 0.208 e. The fraction of sp³-hybridized carbons (Fsp3) is 0.333. The summed E-state index contributed by atoms with van der Waals surface area (Å²) in [6.45, 7) is 1.51. The maximum atomic E-state index is 14.4. The Bertz CT molecular complexity index is 1040. The molecule has 2 aromatic carbocycles. The van der Waals surface area contributed by atoms with E-state index in [1.54, 1.807) is 6.92 Å². The van der Waals surface area contributed by atoms with E-state index in [4.69, 9.17) is 11.6 Å². The lowest BCUT2D eigenvalue weighted by Gasteiger charge is -2.25. The van der Waals surface area contributed by atoms with Crippen LogP contribution in [0, 0.1) is 17.6 Å². The minimum atomic E-state index is -4.12. The van der Waals surface area contributed by atoms with Crippen LogP contribution in [0.2, 0.25) is 5.02 Å². The van der Waals surface area contributed by atoms with Crippen LogP contribution in [0.25, 0.3) is 0 Å². The standard InChI is InChI=1S/C18H20ClF2NO4S2/c1-12(9-10-22-27(2,23)24)18(16-11-14(20)5-8-17(16)21)28(25,26)15-6-3-13(19)4-7-15/h3-8,11-12,18,22H,9-10H2,1-2H3. The number of sulfone groups is 1. The normalized spacial score (nSPS) is 14.6. The summed E-state index contributed by atoms with van der Waals surface area (Å²) in [6.07, 6.45) is 1.08. The zero-order valence-electron chi connectivity index (χ0n) is 15.2. The Hall–Kier alpha value is -1.55. The van der Waals surface area contributed by atoms with Crippen molar-refractivity contribution in [3.05, 3.63) is 64.7 Å². The molecule has 0 saturated carbocycles. The first-order valence-electron chi connectivity index (χ1n) is 8.31. The van der Waals surface area contributed by atoms with Crippen molar-refractivity contribution in [1.82, 2.24) is 4.72 Å². The highest BCUT2D eigenvalue weighted by atomic mass is 35.5. The summed E-state index contributed by atoms with van der Waals surface area (Å²) in [6, 6.07) is 8.00. The zero-order valence-corrected chi connectivity index (χ0v) is 17.6. The molecule has 2 unspecified atom stereocenters. The molecule has 154 valence electrons. The van der Waals surface area contributed by atoms with Crippen LogP contribution in [0.5, 0.6) is 0 Å². The third kappa shape index (κ3) is 5.73. The van der Waals surface area contributed by atoms with Gasteiger partial charge in [-0.1, -0.05) is 18.5 Å². The predicted octanol–water partition coefficient (Wildman–Crippen LogP) is 3.71. The monoisotopic (exact) mass is 451 g/mol. The second-order valence-electron chi connectivity index (χ2n) is 6.52. The third-order valence-electron chi connectivity index (χ3n) is 4.22. The van der Waals surface area contributed by atoms with Gasteiger partial charge in [-0.05, 0) is 54.8 Å². The second kappa shape index (κ2) is 8.86. The van der Waals surface area contributed by atoms with Crippen molar-refractivity contribution in [1.29, 1.82) is 0 Å². The van der Waals surface area contributed by atoms with Crippen LogP contribution in [0.3, 0.4) is 0 Å². The van der Waals surface area contributed by atoms with E-state index in [-0.39, 0.29) is 23.4 Å². The molecule has 0 radical (unpaired) electrons. The van der Waals surface area contributed by atoms with Gasteiger partial charge in [-0.3, -0.25) is 0 Å².